The third-order valence-electron chi connectivity index (χ3n) is 4.85. The normalized spacial score (nSPS) is 11.6. The second-order valence-corrected chi connectivity index (χ2v) is 7.93. The highest BCUT2D eigenvalue weighted by molar-refractivity contribution is 6.42. The fourth-order valence-corrected chi connectivity index (χ4v) is 3.29. The molecular weight excluding hydrogens is 423 g/mol. The Morgan fingerprint density at radius 1 is 1.07 bits per heavy atom. The molecule has 5 nitrogen and oxygen atoms in total. The molecule has 0 saturated heterocycles. The van der Waals surface area contributed by atoms with E-state index in [0.717, 1.165) is 29.7 Å². The lowest BCUT2D eigenvalue weighted by Gasteiger charge is -2.29. The number of hydrogen-bond donors (Lipinski definition) is 1. The van der Waals surface area contributed by atoms with E-state index in [1.54, 1.807) is 37.1 Å². The van der Waals surface area contributed by atoms with E-state index < -0.39 is 6.04 Å². The van der Waals surface area contributed by atoms with Crippen LogP contribution in [-0.2, 0) is 22.6 Å². The summed E-state index contributed by atoms with van der Waals surface area (Å²) >= 11 is 12.1. The van der Waals surface area contributed by atoms with Gasteiger partial charge in [-0.05, 0) is 48.7 Å². The summed E-state index contributed by atoms with van der Waals surface area (Å²) in [5, 5.41) is 3.75. The molecule has 1 N–H and O–H groups in total. The summed E-state index contributed by atoms with van der Waals surface area (Å²) in [6.45, 7) is 4.72. The molecule has 30 heavy (non-hydrogen) atoms. The molecule has 0 saturated carbocycles. The molecule has 0 fully saturated rings. The van der Waals surface area contributed by atoms with Crippen molar-refractivity contribution < 1.29 is 14.3 Å². The van der Waals surface area contributed by atoms with Crippen LogP contribution in [0.3, 0.4) is 0 Å². The number of carbonyl (C=O) groups excluding carboxylic acids is 2. The van der Waals surface area contributed by atoms with Gasteiger partial charge in [-0.25, -0.2) is 0 Å². The maximum atomic E-state index is 13.2. The van der Waals surface area contributed by atoms with Gasteiger partial charge in [0.25, 0.3) is 0 Å². The molecule has 0 spiro atoms. The zero-order chi connectivity index (χ0) is 22.1. The van der Waals surface area contributed by atoms with Crippen molar-refractivity contribution in [2.24, 2.45) is 0 Å². The fourth-order valence-electron chi connectivity index (χ4n) is 2.97. The fraction of sp³-hybridized carbons (Fsp3) is 0.391. The molecule has 0 aliphatic rings. The van der Waals surface area contributed by atoms with Crippen LogP contribution < -0.4 is 10.1 Å². The van der Waals surface area contributed by atoms with Gasteiger partial charge < -0.3 is 15.0 Å². The predicted octanol–water partition coefficient (Wildman–Crippen LogP) is 4.88. The standard InChI is InChI=1S/C23H28Cl2N2O3/c1-4-5-12-26-23(29)16(2)27(15-17-6-9-19(30-3)10-7-17)22(28)14-18-8-11-20(24)21(25)13-18/h6-11,13,16H,4-5,12,14-15H2,1-3H3,(H,26,29)/t16-/m1/s1. The Morgan fingerprint density at radius 2 is 1.73 bits per heavy atom. The number of methoxy groups -OCH3 is 1. The molecule has 2 aromatic rings. The number of nitrogens with zero attached hydrogens (tertiary/aromatic N) is 1. The van der Waals surface area contributed by atoms with Crippen LogP contribution in [0.1, 0.15) is 37.8 Å². The minimum absolute atomic E-state index is 0.125. The van der Waals surface area contributed by atoms with Crippen molar-refractivity contribution in [2.75, 3.05) is 13.7 Å². The van der Waals surface area contributed by atoms with E-state index in [0.29, 0.717) is 23.1 Å². The third-order valence-corrected chi connectivity index (χ3v) is 5.59. The maximum absolute atomic E-state index is 13.2. The lowest BCUT2D eigenvalue weighted by Crippen LogP contribution is -2.48. The molecule has 2 rings (SSSR count). The van der Waals surface area contributed by atoms with E-state index in [9.17, 15) is 9.59 Å². The largest absolute Gasteiger partial charge is 0.497 e. The summed E-state index contributed by atoms with van der Waals surface area (Å²) < 4.78 is 5.19. The molecule has 0 aliphatic carbocycles. The van der Waals surface area contributed by atoms with Gasteiger partial charge in [0.05, 0.1) is 23.6 Å². The minimum Gasteiger partial charge on any atom is -0.497 e. The van der Waals surface area contributed by atoms with Crippen molar-refractivity contribution in [2.45, 2.75) is 45.7 Å². The van der Waals surface area contributed by atoms with Crippen LogP contribution in [-0.4, -0.2) is 36.4 Å². The highest BCUT2D eigenvalue weighted by atomic mass is 35.5. The van der Waals surface area contributed by atoms with Crippen molar-refractivity contribution in [3.63, 3.8) is 0 Å². The molecule has 0 aliphatic heterocycles. The Bertz CT molecular complexity index is 856. The van der Waals surface area contributed by atoms with Crippen LogP contribution in [0.5, 0.6) is 5.75 Å². The van der Waals surface area contributed by atoms with Gasteiger partial charge in [-0.3, -0.25) is 9.59 Å². The molecule has 0 unspecified atom stereocenters. The number of amides is 2. The first-order valence-corrected chi connectivity index (χ1v) is 10.7. The van der Waals surface area contributed by atoms with Crippen molar-refractivity contribution in [3.05, 3.63) is 63.6 Å². The summed E-state index contributed by atoms with van der Waals surface area (Å²) in [6, 6.07) is 12.0. The predicted molar refractivity (Wildman–Crippen MR) is 121 cm³/mol. The molecule has 0 heterocycles. The number of unbranched alkanes of at least 4 members (excludes halogenated alkanes) is 1. The van der Waals surface area contributed by atoms with Gasteiger partial charge in [-0.15, -0.1) is 0 Å². The lowest BCUT2D eigenvalue weighted by atomic mass is 10.1. The molecule has 7 heteroatoms. The number of rotatable bonds is 10. The van der Waals surface area contributed by atoms with E-state index in [1.807, 2.05) is 24.3 Å². The first-order valence-electron chi connectivity index (χ1n) is 9.99. The molecule has 0 bridgehead atoms. The number of carbonyl (C=O) groups is 2. The van der Waals surface area contributed by atoms with E-state index in [4.69, 9.17) is 27.9 Å². The van der Waals surface area contributed by atoms with Crippen molar-refractivity contribution >= 4 is 35.0 Å². The quantitative estimate of drug-likeness (QED) is 0.524. The van der Waals surface area contributed by atoms with E-state index >= 15 is 0 Å². The number of nitrogens with one attached hydrogen (secondary N) is 1. The van der Waals surface area contributed by atoms with E-state index in [1.165, 1.54) is 0 Å². The SMILES string of the molecule is CCCCNC(=O)[C@@H](C)N(Cc1ccc(OC)cc1)C(=O)Cc1ccc(Cl)c(Cl)c1. The zero-order valence-corrected chi connectivity index (χ0v) is 19.1. The van der Waals surface area contributed by atoms with Crippen molar-refractivity contribution in [1.29, 1.82) is 0 Å². The molecule has 1 atom stereocenters. The van der Waals surface area contributed by atoms with Gasteiger partial charge in [0.2, 0.25) is 11.8 Å². The van der Waals surface area contributed by atoms with Crippen LogP contribution in [0.2, 0.25) is 10.0 Å². The number of halogens is 2. The minimum atomic E-state index is -0.612. The maximum Gasteiger partial charge on any atom is 0.242 e. The molecular formula is C23H28Cl2N2O3. The van der Waals surface area contributed by atoms with Gasteiger partial charge in [0, 0.05) is 13.1 Å². The second-order valence-electron chi connectivity index (χ2n) is 7.12. The van der Waals surface area contributed by atoms with Gasteiger partial charge in [0.15, 0.2) is 0 Å². The monoisotopic (exact) mass is 450 g/mol. The lowest BCUT2D eigenvalue weighted by molar-refractivity contribution is -0.140. The summed E-state index contributed by atoms with van der Waals surface area (Å²) in [5.41, 5.74) is 1.65. The van der Waals surface area contributed by atoms with Crippen LogP contribution in [0.15, 0.2) is 42.5 Å². The summed E-state index contributed by atoms with van der Waals surface area (Å²) in [6.07, 6.45) is 2.01. The van der Waals surface area contributed by atoms with Gasteiger partial charge in [0.1, 0.15) is 11.8 Å². The average Bonchev–Trinajstić information content (AvgIpc) is 2.74. The Morgan fingerprint density at radius 3 is 2.33 bits per heavy atom. The van der Waals surface area contributed by atoms with Gasteiger partial charge in [-0.1, -0.05) is 54.7 Å². The van der Waals surface area contributed by atoms with E-state index in [-0.39, 0.29) is 18.2 Å². The molecule has 0 radical (unpaired) electrons. The first kappa shape index (κ1) is 24.0. The molecule has 0 aromatic heterocycles. The van der Waals surface area contributed by atoms with Crippen molar-refractivity contribution in [3.8, 4) is 5.75 Å². The van der Waals surface area contributed by atoms with Gasteiger partial charge in [-0.2, -0.15) is 0 Å². The van der Waals surface area contributed by atoms with Crippen LogP contribution in [0.4, 0.5) is 0 Å². The topological polar surface area (TPSA) is 58.6 Å². The number of hydrogen-bond acceptors (Lipinski definition) is 3. The summed E-state index contributed by atoms with van der Waals surface area (Å²) in [7, 11) is 1.60. The van der Waals surface area contributed by atoms with Crippen LogP contribution >= 0.6 is 23.2 Å². The smallest absolute Gasteiger partial charge is 0.242 e. The summed E-state index contributed by atoms with van der Waals surface area (Å²) in [4.78, 5) is 27.4. The number of ether oxygens (including phenoxy) is 1. The third kappa shape index (κ3) is 6.92. The Balaban J connectivity index is 2.20. The number of benzene rings is 2. The Kier molecular flexibility index (Phi) is 9.47. The molecule has 2 amide bonds. The van der Waals surface area contributed by atoms with E-state index in [2.05, 4.69) is 12.2 Å². The average molecular weight is 451 g/mol. The Labute approximate surface area is 188 Å². The first-order chi connectivity index (χ1) is 14.3. The summed E-state index contributed by atoms with van der Waals surface area (Å²) in [5.74, 6) is 0.402. The zero-order valence-electron chi connectivity index (χ0n) is 17.6. The van der Waals surface area contributed by atoms with Crippen LogP contribution in [0, 0.1) is 0 Å². The van der Waals surface area contributed by atoms with Gasteiger partial charge >= 0.3 is 0 Å². The molecule has 2 aromatic carbocycles. The molecule has 162 valence electrons. The Hall–Kier alpha value is -2.24. The van der Waals surface area contributed by atoms with Crippen LogP contribution in [0.25, 0.3) is 0 Å². The highest BCUT2D eigenvalue weighted by Crippen LogP contribution is 2.23. The highest BCUT2D eigenvalue weighted by Gasteiger charge is 2.26. The second kappa shape index (κ2) is 11.8. The van der Waals surface area contributed by atoms with Crippen molar-refractivity contribution in [1.82, 2.24) is 10.2 Å².